The number of hydrogen-bond donors (Lipinski definition) is 3. The monoisotopic (exact) mass is 293 g/mol. The first-order chi connectivity index (χ1) is 10.2. The number of fused-ring (bicyclic) bond motifs is 2. The van der Waals surface area contributed by atoms with Crippen LogP contribution in [0.3, 0.4) is 0 Å². The maximum atomic E-state index is 13.4. The average molecular weight is 293 g/mol. The fraction of sp³-hybridized carbons (Fsp3) is 0.600. The summed E-state index contributed by atoms with van der Waals surface area (Å²) in [6.07, 6.45) is 4.84. The zero-order valence-electron chi connectivity index (χ0n) is 11.8. The van der Waals surface area contributed by atoms with Crippen LogP contribution in [0.15, 0.2) is 18.3 Å². The summed E-state index contributed by atoms with van der Waals surface area (Å²) < 4.78 is 13.4. The third-order valence-electron chi connectivity index (χ3n) is 4.85. The number of aromatic nitrogens is 1. The van der Waals surface area contributed by atoms with Crippen LogP contribution >= 0.6 is 0 Å². The molecule has 6 heteroatoms. The van der Waals surface area contributed by atoms with E-state index in [9.17, 15) is 14.3 Å². The van der Waals surface area contributed by atoms with Crippen LogP contribution in [0.2, 0.25) is 0 Å². The highest BCUT2D eigenvalue weighted by Gasteiger charge is 2.47. The largest absolute Gasteiger partial charge is 0.396 e. The standard InChI is InChI=1S/C15H20FN3O2/c16-12-2-1-5-17-13(12)7-18-15(21)19-14-10-4-3-9(6-10)11(14)8-20/h1-2,5,9-11,14,20H,3-4,6-8H2,(H2,18,19,21). The predicted octanol–water partition coefficient (Wildman–Crippen LogP) is 1.43. The molecule has 2 bridgehead atoms. The van der Waals surface area contributed by atoms with Gasteiger partial charge >= 0.3 is 6.03 Å². The fourth-order valence-corrected chi connectivity index (χ4v) is 3.81. The summed E-state index contributed by atoms with van der Waals surface area (Å²) >= 11 is 0. The van der Waals surface area contributed by atoms with Crippen LogP contribution in [0.5, 0.6) is 0 Å². The minimum atomic E-state index is -0.425. The number of nitrogens with one attached hydrogen (secondary N) is 2. The second-order valence-corrected chi connectivity index (χ2v) is 5.96. The first-order valence-corrected chi connectivity index (χ1v) is 7.43. The molecule has 1 aromatic rings. The number of urea groups is 1. The van der Waals surface area contributed by atoms with Crippen LogP contribution in [0.4, 0.5) is 9.18 Å². The number of halogens is 1. The van der Waals surface area contributed by atoms with Gasteiger partial charge in [-0.2, -0.15) is 0 Å². The molecule has 1 heterocycles. The van der Waals surface area contributed by atoms with Gasteiger partial charge in [-0.1, -0.05) is 0 Å². The quantitative estimate of drug-likeness (QED) is 0.786. The van der Waals surface area contributed by atoms with Gasteiger partial charge in [0, 0.05) is 24.8 Å². The number of hydrogen-bond acceptors (Lipinski definition) is 3. The second kappa shape index (κ2) is 5.97. The number of carbonyl (C=O) groups is 1. The maximum Gasteiger partial charge on any atom is 0.315 e. The number of rotatable bonds is 4. The van der Waals surface area contributed by atoms with E-state index in [1.54, 1.807) is 0 Å². The molecule has 4 unspecified atom stereocenters. The van der Waals surface area contributed by atoms with Gasteiger partial charge in [0.25, 0.3) is 0 Å². The van der Waals surface area contributed by atoms with Crippen molar-refractivity contribution in [1.29, 1.82) is 0 Å². The summed E-state index contributed by atoms with van der Waals surface area (Å²) in [4.78, 5) is 15.9. The van der Waals surface area contributed by atoms with Crippen molar-refractivity contribution in [2.75, 3.05) is 6.61 Å². The first-order valence-electron chi connectivity index (χ1n) is 7.43. The molecular weight excluding hydrogens is 273 g/mol. The molecule has 3 N–H and O–H groups in total. The van der Waals surface area contributed by atoms with E-state index in [0.717, 1.165) is 19.3 Å². The van der Waals surface area contributed by atoms with E-state index in [1.165, 1.54) is 18.3 Å². The zero-order valence-corrected chi connectivity index (χ0v) is 11.8. The highest BCUT2D eigenvalue weighted by atomic mass is 19.1. The molecule has 21 heavy (non-hydrogen) atoms. The molecule has 0 spiro atoms. The number of carbonyl (C=O) groups excluding carboxylic acids is 1. The first kappa shape index (κ1) is 14.3. The number of aliphatic hydroxyl groups is 1. The van der Waals surface area contributed by atoms with E-state index in [1.807, 2.05) is 0 Å². The molecule has 0 saturated heterocycles. The van der Waals surface area contributed by atoms with E-state index >= 15 is 0 Å². The lowest BCUT2D eigenvalue weighted by atomic mass is 9.85. The van der Waals surface area contributed by atoms with Crippen molar-refractivity contribution >= 4 is 6.03 Å². The molecule has 2 amide bonds. The van der Waals surface area contributed by atoms with Crippen molar-refractivity contribution in [2.24, 2.45) is 17.8 Å². The zero-order chi connectivity index (χ0) is 14.8. The van der Waals surface area contributed by atoms with E-state index in [0.29, 0.717) is 11.8 Å². The van der Waals surface area contributed by atoms with Gasteiger partial charge in [0.1, 0.15) is 5.82 Å². The van der Waals surface area contributed by atoms with Crippen molar-refractivity contribution in [1.82, 2.24) is 15.6 Å². The van der Waals surface area contributed by atoms with Crippen LogP contribution in [0, 0.1) is 23.6 Å². The Morgan fingerprint density at radius 1 is 1.43 bits per heavy atom. The smallest absolute Gasteiger partial charge is 0.315 e. The Bertz CT molecular complexity index is 525. The normalized spacial score (nSPS) is 30.4. The summed E-state index contributed by atoms with van der Waals surface area (Å²) in [5.41, 5.74) is 0.222. The van der Waals surface area contributed by atoms with Crippen molar-refractivity contribution in [2.45, 2.75) is 31.8 Å². The van der Waals surface area contributed by atoms with Crippen LogP contribution in [0.25, 0.3) is 0 Å². The summed E-state index contributed by atoms with van der Waals surface area (Å²) in [7, 11) is 0. The van der Waals surface area contributed by atoms with Gasteiger partial charge in [-0.05, 0) is 43.2 Å². The third-order valence-corrected chi connectivity index (χ3v) is 4.85. The van der Waals surface area contributed by atoms with E-state index < -0.39 is 5.82 Å². The molecule has 114 valence electrons. The summed E-state index contributed by atoms with van der Waals surface area (Å²) in [5, 5.41) is 15.1. The molecule has 4 atom stereocenters. The second-order valence-electron chi connectivity index (χ2n) is 5.96. The highest BCUT2D eigenvalue weighted by molar-refractivity contribution is 5.74. The van der Waals surface area contributed by atoms with Crippen LogP contribution in [-0.4, -0.2) is 28.8 Å². The van der Waals surface area contributed by atoms with E-state index in [-0.39, 0.29) is 36.8 Å². The van der Waals surface area contributed by atoms with Crippen LogP contribution < -0.4 is 10.6 Å². The van der Waals surface area contributed by atoms with Gasteiger partial charge in [-0.15, -0.1) is 0 Å². The van der Waals surface area contributed by atoms with Crippen molar-refractivity contribution < 1.29 is 14.3 Å². The lowest BCUT2D eigenvalue weighted by Crippen LogP contribution is -2.49. The molecule has 2 saturated carbocycles. The molecule has 0 aromatic carbocycles. The van der Waals surface area contributed by atoms with Gasteiger partial charge in [0.05, 0.1) is 12.2 Å². The summed E-state index contributed by atoms with van der Waals surface area (Å²) in [6.45, 7) is 0.171. The Kier molecular flexibility index (Phi) is 4.05. The lowest BCUT2D eigenvalue weighted by Gasteiger charge is -2.30. The van der Waals surface area contributed by atoms with Crippen molar-refractivity contribution in [3.8, 4) is 0 Å². The average Bonchev–Trinajstić information content (AvgIpc) is 3.07. The molecule has 0 radical (unpaired) electrons. The van der Waals surface area contributed by atoms with Gasteiger partial charge in [-0.3, -0.25) is 4.98 Å². The van der Waals surface area contributed by atoms with E-state index in [2.05, 4.69) is 15.6 Å². The number of amides is 2. The maximum absolute atomic E-state index is 13.4. The van der Waals surface area contributed by atoms with Gasteiger partial charge in [0.2, 0.25) is 0 Å². The lowest BCUT2D eigenvalue weighted by molar-refractivity contribution is 0.144. The Balaban J connectivity index is 1.54. The predicted molar refractivity (Wildman–Crippen MR) is 74.8 cm³/mol. The SMILES string of the molecule is O=C(NCc1ncccc1F)NC1C2CCC(C2)C1CO. The van der Waals surface area contributed by atoms with Gasteiger partial charge < -0.3 is 15.7 Å². The van der Waals surface area contributed by atoms with Gasteiger partial charge in [-0.25, -0.2) is 9.18 Å². The van der Waals surface area contributed by atoms with Gasteiger partial charge in [0.15, 0.2) is 0 Å². The Morgan fingerprint density at radius 2 is 2.24 bits per heavy atom. The molecule has 2 aliphatic rings. The highest BCUT2D eigenvalue weighted by Crippen LogP contribution is 2.48. The Morgan fingerprint density at radius 3 is 3.00 bits per heavy atom. The topological polar surface area (TPSA) is 74.2 Å². The van der Waals surface area contributed by atoms with Crippen LogP contribution in [-0.2, 0) is 6.54 Å². The molecule has 5 nitrogen and oxygen atoms in total. The molecule has 1 aromatic heterocycles. The molecule has 0 aliphatic heterocycles. The van der Waals surface area contributed by atoms with E-state index in [4.69, 9.17) is 0 Å². The molecular formula is C15H20FN3O2. The summed E-state index contributed by atoms with van der Waals surface area (Å²) in [6, 6.07) is 2.54. The van der Waals surface area contributed by atoms with Crippen molar-refractivity contribution in [3.63, 3.8) is 0 Å². The molecule has 3 rings (SSSR count). The third kappa shape index (κ3) is 2.85. The number of aliphatic hydroxyl groups excluding tert-OH is 1. The van der Waals surface area contributed by atoms with Crippen molar-refractivity contribution in [3.05, 3.63) is 29.8 Å². The molecule has 2 fully saturated rings. The Hall–Kier alpha value is -1.69. The minimum absolute atomic E-state index is 0.0299. The fourth-order valence-electron chi connectivity index (χ4n) is 3.81. The molecule has 2 aliphatic carbocycles. The Labute approximate surface area is 123 Å². The minimum Gasteiger partial charge on any atom is -0.396 e. The number of pyridine rings is 1. The number of nitrogens with zero attached hydrogens (tertiary/aromatic N) is 1. The summed E-state index contributed by atoms with van der Waals surface area (Å²) in [5.74, 6) is 0.718. The van der Waals surface area contributed by atoms with Crippen LogP contribution in [0.1, 0.15) is 25.0 Å².